The lowest BCUT2D eigenvalue weighted by atomic mass is 9.96. The molecule has 3 heteroatoms. The molecule has 0 radical (unpaired) electrons. The summed E-state index contributed by atoms with van der Waals surface area (Å²) in [6.07, 6.45) is 1.03. The van der Waals surface area contributed by atoms with Gasteiger partial charge < -0.3 is 4.74 Å². The molecule has 1 aliphatic heterocycles. The van der Waals surface area contributed by atoms with Gasteiger partial charge in [-0.05, 0) is 29.1 Å². The van der Waals surface area contributed by atoms with Gasteiger partial charge in [-0.1, -0.05) is 24.3 Å². The Bertz CT molecular complexity index is 349. The van der Waals surface area contributed by atoms with Crippen molar-refractivity contribution in [2.45, 2.75) is 18.9 Å². The van der Waals surface area contributed by atoms with E-state index in [2.05, 4.69) is 6.07 Å². The zero-order valence-corrected chi connectivity index (χ0v) is 8.46. The van der Waals surface area contributed by atoms with Crippen molar-refractivity contribution in [3.63, 3.8) is 0 Å². The van der Waals surface area contributed by atoms with Gasteiger partial charge in [-0.2, -0.15) is 0 Å². The molecule has 0 saturated carbocycles. The fourth-order valence-corrected chi connectivity index (χ4v) is 1.93. The topological polar surface area (TPSA) is 26.3 Å². The zero-order chi connectivity index (χ0) is 9.97. The van der Waals surface area contributed by atoms with Crippen molar-refractivity contribution >= 4 is 16.8 Å². The van der Waals surface area contributed by atoms with E-state index in [0.29, 0.717) is 6.61 Å². The standard InChI is InChI=1S/C11H11ClO2/c12-11(13)7-10-9-4-2-1-3-8(9)5-6-14-10/h1-4,10H,5-7H2. The summed E-state index contributed by atoms with van der Waals surface area (Å²) in [5, 5.41) is -0.341. The third-order valence-corrected chi connectivity index (χ3v) is 2.59. The Labute approximate surface area is 87.8 Å². The van der Waals surface area contributed by atoms with Gasteiger partial charge in [-0.3, -0.25) is 4.79 Å². The van der Waals surface area contributed by atoms with Gasteiger partial charge in [-0.15, -0.1) is 0 Å². The molecule has 0 saturated heterocycles. The van der Waals surface area contributed by atoms with Crippen LogP contribution in [0.3, 0.4) is 0 Å². The minimum absolute atomic E-state index is 0.148. The SMILES string of the molecule is O=C(Cl)CC1OCCc2ccccc21. The number of carbonyl (C=O) groups excluding carboxylic acids is 1. The summed E-state index contributed by atoms with van der Waals surface area (Å²) in [5.41, 5.74) is 2.37. The van der Waals surface area contributed by atoms with Crippen molar-refractivity contribution in [3.05, 3.63) is 35.4 Å². The molecule has 1 aromatic rings. The van der Waals surface area contributed by atoms with Crippen molar-refractivity contribution in [1.82, 2.24) is 0 Å². The highest BCUT2D eigenvalue weighted by Crippen LogP contribution is 2.29. The van der Waals surface area contributed by atoms with Crippen molar-refractivity contribution in [2.75, 3.05) is 6.61 Å². The highest BCUT2D eigenvalue weighted by molar-refractivity contribution is 6.63. The lowest BCUT2D eigenvalue weighted by Crippen LogP contribution is -2.17. The molecule has 14 heavy (non-hydrogen) atoms. The summed E-state index contributed by atoms with van der Waals surface area (Å²) >= 11 is 5.36. The monoisotopic (exact) mass is 210 g/mol. The third kappa shape index (κ3) is 1.97. The smallest absolute Gasteiger partial charge is 0.224 e. The van der Waals surface area contributed by atoms with Crippen molar-refractivity contribution in [3.8, 4) is 0 Å². The molecule has 0 N–H and O–H groups in total. The first-order chi connectivity index (χ1) is 6.77. The molecule has 0 amide bonds. The van der Waals surface area contributed by atoms with E-state index < -0.39 is 0 Å². The lowest BCUT2D eigenvalue weighted by Gasteiger charge is -2.24. The first-order valence-electron chi connectivity index (χ1n) is 4.65. The van der Waals surface area contributed by atoms with Crippen LogP contribution in [0, 0.1) is 0 Å². The quantitative estimate of drug-likeness (QED) is 0.701. The molecule has 0 fully saturated rings. The van der Waals surface area contributed by atoms with Crippen molar-refractivity contribution in [1.29, 1.82) is 0 Å². The Kier molecular flexibility index (Phi) is 2.85. The molecular weight excluding hydrogens is 200 g/mol. The van der Waals surface area contributed by atoms with Crippen LogP contribution in [0.15, 0.2) is 24.3 Å². The maximum atomic E-state index is 10.8. The van der Waals surface area contributed by atoms with Gasteiger partial charge in [0.2, 0.25) is 5.24 Å². The number of halogens is 1. The van der Waals surface area contributed by atoms with Crippen LogP contribution >= 0.6 is 11.6 Å². The molecule has 1 aromatic carbocycles. The highest BCUT2D eigenvalue weighted by Gasteiger charge is 2.21. The molecule has 74 valence electrons. The Hall–Kier alpha value is -0.860. The van der Waals surface area contributed by atoms with Crippen molar-refractivity contribution in [2.24, 2.45) is 0 Å². The Morgan fingerprint density at radius 1 is 1.50 bits per heavy atom. The minimum atomic E-state index is -0.341. The molecule has 2 nitrogen and oxygen atoms in total. The van der Waals surface area contributed by atoms with E-state index in [4.69, 9.17) is 16.3 Å². The molecule has 1 unspecified atom stereocenters. The van der Waals surface area contributed by atoms with E-state index in [0.717, 1.165) is 12.0 Å². The Morgan fingerprint density at radius 3 is 3.07 bits per heavy atom. The second-order valence-corrected chi connectivity index (χ2v) is 3.79. The van der Waals surface area contributed by atoms with Gasteiger partial charge in [0, 0.05) is 0 Å². The maximum Gasteiger partial charge on any atom is 0.224 e. The van der Waals surface area contributed by atoms with Gasteiger partial charge >= 0.3 is 0 Å². The molecule has 1 heterocycles. The summed E-state index contributed by atoms with van der Waals surface area (Å²) in [6, 6.07) is 8.03. The average molecular weight is 211 g/mol. The summed E-state index contributed by atoms with van der Waals surface area (Å²) in [5.74, 6) is 0. The summed E-state index contributed by atoms with van der Waals surface area (Å²) in [4.78, 5) is 10.8. The molecule has 0 spiro atoms. The molecule has 0 aliphatic carbocycles. The van der Waals surface area contributed by atoms with Gasteiger partial charge in [-0.25, -0.2) is 0 Å². The van der Waals surface area contributed by atoms with Crippen LogP contribution in [-0.4, -0.2) is 11.8 Å². The van der Waals surface area contributed by atoms with Crippen LogP contribution in [0.4, 0.5) is 0 Å². The van der Waals surface area contributed by atoms with Gasteiger partial charge in [0.25, 0.3) is 0 Å². The van der Waals surface area contributed by atoms with E-state index in [1.807, 2.05) is 18.2 Å². The average Bonchev–Trinajstić information content (AvgIpc) is 2.18. The van der Waals surface area contributed by atoms with E-state index in [1.165, 1.54) is 5.56 Å². The zero-order valence-electron chi connectivity index (χ0n) is 7.70. The van der Waals surface area contributed by atoms with E-state index in [1.54, 1.807) is 0 Å². The fourth-order valence-electron chi connectivity index (χ4n) is 1.79. The lowest BCUT2D eigenvalue weighted by molar-refractivity contribution is -0.114. The predicted octanol–water partition coefficient (Wildman–Crippen LogP) is 2.46. The minimum Gasteiger partial charge on any atom is -0.373 e. The molecule has 1 aliphatic rings. The number of benzene rings is 1. The first-order valence-corrected chi connectivity index (χ1v) is 5.03. The number of hydrogen-bond donors (Lipinski definition) is 0. The molecule has 2 rings (SSSR count). The molecule has 1 atom stereocenters. The highest BCUT2D eigenvalue weighted by atomic mass is 35.5. The summed E-state index contributed by atoms with van der Waals surface area (Å²) in [7, 11) is 0. The second kappa shape index (κ2) is 4.11. The largest absolute Gasteiger partial charge is 0.373 e. The Morgan fingerprint density at radius 2 is 2.29 bits per heavy atom. The maximum absolute atomic E-state index is 10.8. The summed E-state index contributed by atoms with van der Waals surface area (Å²) in [6.45, 7) is 0.672. The van der Waals surface area contributed by atoms with E-state index in [9.17, 15) is 4.79 Å². The van der Waals surface area contributed by atoms with Gasteiger partial charge in [0.1, 0.15) is 0 Å². The number of ether oxygens (including phenoxy) is 1. The second-order valence-electron chi connectivity index (χ2n) is 3.37. The van der Waals surface area contributed by atoms with Gasteiger partial charge in [0.05, 0.1) is 19.1 Å². The van der Waals surface area contributed by atoms with Crippen LogP contribution in [-0.2, 0) is 16.0 Å². The number of carbonyl (C=O) groups is 1. The van der Waals surface area contributed by atoms with Crippen LogP contribution in [0.1, 0.15) is 23.7 Å². The van der Waals surface area contributed by atoms with E-state index in [-0.39, 0.29) is 17.8 Å². The first kappa shape index (κ1) is 9.69. The van der Waals surface area contributed by atoms with Gasteiger partial charge in [0.15, 0.2) is 0 Å². The third-order valence-electron chi connectivity index (χ3n) is 2.44. The number of hydrogen-bond acceptors (Lipinski definition) is 2. The van der Waals surface area contributed by atoms with Crippen LogP contribution in [0.5, 0.6) is 0 Å². The van der Waals surface area contributed by atoms with Crippen LogP contribution in [0.2, 0.25) is 0 Å². The molecular formula is C11H11ClO2. The number of rotatable bonds is 2. The summed E-state index contributed by atoms with van der Waals surface area (Å²) < 4.78 is 5.51. The normalized spacial score (nSPS) is 20.2. The van der Waals surface area contributed by atoms with Crippen molar-refractivity contribution < 1.29 is 9.53 Å². The van der Waals surface area contributed by atoms with Crippen LogP contribution in [0.25, 0.3) is 0 Å². The fraction of sp³-hybridized carbons (Fsp3) is 0.364. The predicted molar refractivity (Wildman–Crippen MR) is 54.3 cm³/mol. The Balaban J connectivity index is 2.26. The molecule has 0 bridgehead atoms. The number of fused-ring (bicyclic) bond motifs is 1. The molecule has 0 aromatic heterocycles. The van der Waals surface area contributed by atoms with E-state index >= 15 is 0 Å². The van der Waals surface area contributed by atoms with Crippen LogP contribution < -0.4 is 0 Å².